The molecule has 4 rings (SSSR count). The number of aromatic nitrogens is 2. The number of benzene rings is 2. The van der Waals surface area contributed by atoms with Crippen LogP contribution in [0, 0.1) is 0 Å². The Kier molecular flexibility index (Phi) is 6.05. The van der Waals surface area contributed by atoms with Crippen LogP contribution in [0.25, 0.3) is 11.3 Å². The highest BCUT2D eigenvalue weighted by Crippen LogP contribution is 2.24. The molecule has 0 fully saturated rings. The Morgan fingerprint density at radius 3 is 2.40 bits per heavy atom. The van der Waals surface area contributed by atoms with E-state index in [9.17, 15) is 4.79 Å². The molecule has 2 aromatic heterocycles. The van der Waals surface area contributed by atoms with Crippen LogP contribution in [0.5, 0.6) is 0 Å². The third-order valence-electron chi connectivity index (χ3n) is 4.80. The fraction of sp³-hybridized carbons (Fsp3) is 0.125. The van der Waals surface area contributed by atoms with Crippen molar-refractivity contribution in [3.8, 4) is 11.3 Å². The fourth-order valence-electron chi connectivity index (χ4n) is 3.10. The van der Waals surface area contributed by atoms with Crippen LogP contribution in [0.3, 0.4) is 0 Å². The van der Waals surface area contributed by atoms with Crippen molar-refractivity contribution in [2.75, 3.05) is 4.90 Å². The molecule has 5 nitrogen and oxygen atoms in total. The summed E-state index contributed by atoms with van der Waals surface area (Å²) in [5, 5.41) is 4.02. The lowest BCUT2D eigenvalue weighted by Gasteiger charge is -2.20. The third-order valence-corrected chi connectivity index (χ3v) is 5.33. The lowest BCUT2D eigenvalue weighted by atomic mass is 10.1. The number of rotatable bonds is 6. The van der Waals surface area contributed by atoms with E-state index < -0.39 is 0 Å². The summed E-state index contributed by atoms with van der Waals surface area (Å²) in [4.78, 5) is 19.3. The van der Waals surface area contributed by atoms with Crippen molar-refractivity contribution in [2.45, 2.75) is 19.9 Å². The minimum atomic E-state index is -0.264. The van der Waals surface area contributed by atoms with Crippen LogP contribution in [0.1, 0.15) is 28.5 Å². The molecule has 0 atom stereocenters. The van der Waals surface area contributed by atoms with Gasteiger partial charge < -0.3 is 4.52 Å². The first-order chi connectivity index (χ1) is 14.6. The highest BCUT2D eigenvalue weighted by molar-refractivity contribution is 9.10. The van der Waals surface area contributed by atoms with Gasteiger partial charge in [-0.05, 0) is 41.8 Å². The molecule has 0 N–H and O–H groups in total. The smallest absolute Gasteiger partial charge is 0.281 e. The molecule has 30 heavy (non-hydrogen) atoms. The first-order valence-electron chi connectivity index (χ1n) is 9.67. The zero-order chi connectivity index (χ0) is 20.9. The van der Waals surface area contributed by atoms with Gasteiger partial charge >= 0.3 is 0 Å². The molecule has 0 bridgehead atoms. The van der Waals surface area contributed by atoms with Gasteiger partial charge in [-0.15, -0.1) is 0 Å². The first-order valence-corrected chi connectivity index (χ1v) is 10.5. The largest absolute Gasteiger partial charge is 0.355 e. The zero-order valence-corrected chi connectivity index (χ0v) is 18.0. The molecular formula is C24H20BrN3O2. The highest BCUT2D eigenvalue weighted by atomic mass is 79.9. The molecule has 0 saturated heterocycles. The van der Waals surface area contributed by atoms with Crippen molar-refractivity contribution in [2.24, 2.45) is 0 Å². The van der Waals surface area contributed by atoms with Gasteiger partial charge in [0.05, 0.1) is 6.54 Å². The minimum absolute atomic E-state index is 0.240. The highest BCUT2D eigenvalue weighted by Gasteiger charge is 2.23. The summed E-state index contributed by atoms with van der Waals surface area (Å²) in [6.45, 7) is 2.51. The lowest BCUT2D eigenvalue weighted by Crippen LogP contribution is -2.31. The number of carbonyl (C=O) groups excluding carboxylic acids is 1. The Morgan fingerprint density at radius 1 is 1.00 bits per heavy atom. The van der Waals surface area contributed by atoms with Gasteiger partial charge in [0.15, 0.2) is 11.5 Å². The Balaban J connectivity index is 1.63. The van der Waals surface area contributed by atoms with Gasteiger partial charge in [0, 0.05) is 22.3 Å². The van der Waals surface area contributed by atoms with Crippen LogP contribution in [0.2, 0.25) is 0 Å². The molecule has 6 heteroatoms. The monoisotopic (exact) mass is 461 g/mol. The molecule has 0 aliphatic heterocycles. The molecule has 2 heterocycles. The van der Waals surface area contributed by atoms with Crippen molar-refractivity contribution >= 4 is 27.7 Å². The van der Waals surface area contributed by atoms with E-state index in [1.54, 1.807) is 17.2 Å². The normalized spacial score (nSPS) is 10.7. The topological polar surface area (TPSA) is 59.2 Å². The second kappa shape index (κ2) is 9.05. The second-order valence-corrected chi connectivity index (χ2v) is 7.75. The molecule has 0 saturated carbocycles. The van der Waals surface area contributed by atoms with Gasteiger partial charge in [-0.25, -0.2) is 4.98 Å². The van der Waals surface area contributed by atoms with E-state index in [-0.39, 0.29) is 11.6 Å². The number of hydrogen-bond donors (Lipinski definition) is 0. The van der Waals surface area contributed by atoms with Crippen LogP contribution in [0.4, 0.5) is 5.82 Å². The lowest BCUT2D eigenvalue weighted by molar-refractivity contribution is 0.0975. The summed E-state index contributed by atoms with van der Waals surface area (Å²) in [6, 6.07) is 23.1. The molecule has 0 radical (unpaired) electrons. The fourth-order valence-corrected chi connectivity index (χ4v) is 3.36. The van der Waals surface area contributed by atoms with Crippen LogP contribution >= 0.6 is 15.9 Å². The van der Waals surface area contributed by atoms with Crippen LogP contribution < -0.4 is 4.90 Å². The first kappa shape index (κ1) is 20.0. The summed E-state index contributed by atoms with van der Waals surface area (Å²) in [5.41, 5.74) is 3.36. The van der Waals surface area contributed by atoms with Gasteiger partial charge in [0.25, 0.3) is 5.91 Å². The van der Waals surface area contributed by atoms with E-state index in [0.29, 0.717) is 18.1 Å². The molecule has 1 amide bonds. The quantitative estimate of drug-likeness (QED) is 0.358. The number of hydrogen-bond acceptors (Lipinski definition) is 4. The standard InChI is InChI=1S/C24H20BrN3O2/c1-2-17-6-8-18(9-7-17)16-28(23-5-3-4-14-26-23)24(29)21-15-22(30-27-21)19-10-12-20(25)13-11-19/h3-15H,2,16H2,1H3. The summed E-state index contributed by atoms with van der Waals surface area (Å²) in [5.74, 6) is 0.842. The third kappa shape index (κ3) is 4.49. The molecule has 0 unspecified atom stereocenters. The van der Waals surface area contributed by atoms with Crippen molar-refractivity contribution in [1.82, 2.24) is 10.1 Å². The minimum Gasteiger partial charge on any atom is -0.355 e. The SMILES string of the molecule is CCc1ccc(CN(C(=O)c2cc(-c3ccc(Br)cc3)on2)c2ccccn2)cc1. The summed E-state index contributed by atoms with van der Waals surface area (Å²) in [6.07, 6.45) is 2.65. The number of amides is 1. The van der Waals surface area contributed by atoms with Crippen LogP contribution in [-0.4, -0.2) is 16.0 Å². The van der Waals surface area contributed by atoms with Gasteiger partial charge in [0.2, 0.25) is 0 Å². The maximum atomic E-state index is 13.3. The van der Waals surface area contributed by atoms with Crippen LogP contribution in [0.15, 0.2) is 88.0 Å². The number of nitrogens with zero attached hydrogens (tertiary/aromatic N) is 3. The van der Waals surface area contributed by atoms with Crippen LogP contribution in [-0.2, 0) is 13.0 Å². The number of halogens is 1. The average molecular weight is 462 g/mol. The molecule has 0 spiro atoms. The van der Waals surface area contributed by atoms with E-state index in [2.05, 4.69) is 45.1 Å². The second-order valence-electron chi connectivity index (χ2n) is 6.83. The molecule has 2 aromatic carbocycles. The number of carbonyl (C=O) groups is 1. The predicted molar refractivity (Wildman–Crippen MR) is 120 cm³/mol. The van der Waals surface area contributed by atoms with Gasteiger partial charge in [-0.2, -0.15) is 0 Å². The van der Waals surface area contributed by atoms with E-state index in [4.69, 9.17) is 4.52 Å². The molecule has 0 aliphatic carbocycles. The van der Waals surface area contributed by atoms with E-state index in [1.807, 2.05) is 54.6 Å². The maximum Gasteiger partial charge on any atom is 0.281 e. The Labute approximate surface area is 183 Å². The predicted octanol–water partition coefficient (Wildman–Crippen LogP) is 5.91. The summed E-state index contributed by atoms with van der Waals surface area (Å²) < 4.78 is 6.41. The number of pyridine rings is 1. The van der Waals surface area contributed by atoms with Crippen molar-refractivity contribution in [1.29, 1.82) is 0 Å². The molecule has 4 aromatic rings. The average Bonchev–Trinajstić information content (AvgIpc) is 3.29. The Hall–Kier alpha value is -3.25. The van der Waals surface area contributed by atoms with E-state index in [0.717, 1.165) is 22.0 Å². The molecule has 150 valence electrons. The molecular weight excluding hydrogens is 442 g/mol. The summed E-state index contributed by atoms with van der Waals surface area (Å²) >= 11 is 3.42. The number of aryl methyl sites for hydroxylation is 1. The Bertz CT molecular complexity index is 1120. The Morgan fingerprint density at radius 2 is 1.73 bits per heavy atom. The number of anilines is 1. The van der Waals surface area contributed by atoms with Gasteiger partial charge in [-0.3, -0.25) is 9.69 Å². The molecule has 0 aliphatic rings. The van der Waals surface area contributed by atoms with Gasteiger partial charge in [0.1, 0.15) is 5.82 Å². The van der Waals surface area contributed by atoms with Crippen molar-refractivity contribution < 1.29 is 9.32 Å². The van der Waals surface area contributed by atoms with Crippen molar-refractivity contribution in [3.05, 3.63) is 100 Å². The summed E-state index contributed by atoms with van der Waals surface area (Å²) in [7, 11) is 0. The maximum absolute atomic E-state index is 13.3. The van der Waals surface area contributed by atoms with E-state index in [1.165, 1.54) is 5.56 Å². The zero-order valence-electron chi connectivity index (χ0n) is 16.5. The van der Waals surface area contributed by atoms with Gasteiger partial charge in [-0.1, -0.05) is 70.5 Å². The van der Waals surface area contributed by atoms with E-state index >= 15 is 0 Å². The van der Waals surface area contributed by atoms with Crippen molar-refractivity contribution in [3.63, 3.8) is 0 Å².